The molecule has 4 aliphatic heterocycles. The number of nitrogens with zero attached hydrogens (tertiary/aromatic N) is 1. The average molecular weight is 398 g/mol. The number of hydrogen-bond acceptors (Lipinski definition) is 7. The van der Waals surface area contributed by atoms with Gasteiger partial charge >= 0.3 is 0 Å². The smallest absolute Gasteiger partial charge is 0.262 e. The molecule has 0 bridgehead atoms. The molecule has 0 saturated carbocycles. The molecule has 152 valence electrons. The van der Waals surface area contributed by atoms with E-state index in [1.807, 2.05) is 6.07 Å². The molecule has 5 rings (SSSR count). The van der Waals surface area contributed by atoms with Gasteiger partial charge in [-0.15, -0.1) is 0 Å². The summed E-state index contributed by atoms with van der Waals surface area (Å²) in [5.74, 6) is -1.94. The van der Waals surface area contributed by atoms with Crippen molar-refractivity contribution in [2.24, 2.45) is 0 Å². The summed E-state index contributed by atoms with van der Waals surface area (Å²) in [6, 6.07) is 4.42. The van der Waals surface area contributed by atoms with Crippen molar-refractivity contribution in [1.82, 2.24) is 20.9 Å². The van der Waals surface area contributed by atoms with Crippen molar-refractivity contribution in [3.05, 3.63) is 34.9 Å². The third-order valence-electron chi connectivity index (χ3n) is 6.24. The summed E-state index contributed by atoms with van der Waals surface area (Å²) < 4.78 is 5.90. The maximum atomic E-state index is 13.1. The summed E-state index contributed by atoms with van der Waals surface area (Å²) in [5, 5.41) is 8.88. The number of piperidine rings is 1. The molecule has 29 heavy (non-hydrogen) atoms. The molecule has 9 heteroatoms. The Balaban J connectivity index is 1.33. The molecule has 1 aromatic rings. The standard InChI is InChI=1S/C20H22N4O5/c25-15-5-4-14(17(26)23-15)24-18(27)13-3-1-2-11(16(13)19(24)28)7-22-12-6-20(29-8-12)9-21-10-20/h1-3,12,14,21-22H,4-10H2,(H,23,25,26). The van der Waals surface area contributed by atoms with Gasteiger partial charge in [-0.1, -0.05) is 12.1 Å². The van der Waals surface area contributed by atoms with Crippen molar-refractivity contribution < 1.29 is 23.9 Å². The first-order chi connectivity index (χ1) is 14.0. The van der Waals surface area contributed by atoms with Crippen molar-refractivity contribution in [2.75, 3.05) is 19.7 Å². The average Bonchev–Trinajstić information content (AvgIpc) is 3.22. The second-order valence-electron chi connectivity index (χ2n) is 8.17. The Morgan fingerprint density at radius 1 is 1.17 bits per heavy atom. The number of carbonyl (C=O) groups excluding carboxylic acids is 4. The van der Waals surface area contributed by atoms with Crippen LogP contribution in [0.1, 0.15) is 45.5 Å². The molecular formula is C20H22N4O5. The lowest BCUT2D eigenvalue weighted by Gasteiger charge is -2.38. The zero-order chi connectivity index (χ0) is 20.2. The van der Waals surface area contributed by atoms with E-state index < -0.39 is 23.8 Å². The van der Waals surface area contributed by atoms with Crippen LogP contribution in [-0.2, 0) is 20.9 Å². The molecule has 4 heterocycles. The number of fused-ring (bicyclic) bond motifs is 1. The SMILES string of the molecule is O=C1CCC(N2C(=O)c3cccc(CNC4COC5(CNC5)C4)c3C2=O)C(=O)N1. The summed E-state index contributed by atoms with van der Waals surface area (Å²) in [6.07, 6.45) is 1.17. The summed E-state index contributed by atoms with van der Waals surface area (Å²) in [6.45, 7) is 2.77. The zero-order valence-electron chi connectivity index (χ0n) is 15.8. The number of amides is 4. The van der Waals surface area contributed by atoms with E-state index in [0.29, 0.717) is 24.3 Å². The molecule has 3 fully saturated rings. The van der Waals surface area contributed by atoms with Gasteiger partial charge in [-0.25, -0.2) is 0 Å². The molecule has 1 spiro atoms. The summed E-state index contributed by atoms with van der Waals surface area (Å²) in [5.41, 5.74) is 1.31. The zero-order valence-corrected chi connectivity index (χ0v) is 15.8. The summed E-state index contributed by atoms with van der Waals surface area (Å²) in [7, 11) is 0. The van der Waals surface area contributed by atoms with Crippen LogP contribution in [0.5, 0.6) is 0 Å². The number of benzene rings is 1. The quantitative estimate of drug-likeness (QED) is 0.575. The highest BCUT2D eigenvalue weighted by molar-refractivity contribution is 6.24. The predicted molar refractivity (Wildman–Crippen MR) is 99.9 cm³/mol. The normalized spacial score (nSPS) is 27.9. The van der Waals surface area contributed by atoms with E-state index in [4.69, 9.17) is 4.74 Å². The van der Waals surface area contributed by atoms with Gasteiger partial charge in [0.25, 0.3) is 11.8 Å². The Morgan fingerprint density at radius 2 is 2.00 bits per heavy atom. The van der Waals surface area contributed by atoms with Crippen LogP contribution in [0.2, 0.25) is 0 Å². The molecule has 0 radical (unpaired) electrons. The Labute approximate surface area is 167 Å². The molecule has 2 unspecified atom stereocenters. The first kappa shape index (κ1) is 18.4. The maximum absolute atomic E-state index is 13.1. The van der Waals surface area contributed by atoms with Gasteiger partial charge < -0.3 is 15.4 Å². The number of ether oxygens (including phenoxy) is 1. The van der Waals surface area contributed by atoms with E-state index >= 15 is 0 Å². The first-order valence-electron chi connectivity index (χ1n) is 9.89. The van der Waals surface area contributed by atoms with Crippen LogP contribution in [0.25, 0.3) is 0 Å². The van der Waals surface area contributed by atoms with E-state index in [0.717, 1.165) is 30.0 Å². The van der Waals surface area contributed by atoms with Crippen LogP contribution < -0.4 is 16.0 Å². The van der Waals surface area contributed by atoms with E-state index in [9.17, 15) is 19.2 Å². The van der Waals surface area contributed by atoms with Crippen LogP contribution in [0, 0.1) is 0 Å². The minimum absolute atomic E-state index is 0.0648. The molecule has 3 N–H and O–H groups in total. The van der Waals surface area contributed by atoms with E-state index in [2.05, 4.69) is 16.0 Å². The molecule has 4 aliphatic rings. The molecular weight excluding hydrogens is 376 g/mol. The summed E-state index contributed by atoms with van der Waals surface area (Å²) in [4.78, 5) is 50.6. The Morgan fingerprint density at radius 3 is 2.69 bits per heavy atom. The molecule has 4 amide bonds. The van der Waals surface area contributed by atoms with Crippen LogP contribution in [0.15, 0.2) is 18.2 Å². The van der Waals surface area contributed by atoms with Gasteiger partial charge in [-0.3, -0.25) is 29.4 Å². The fourth-order valence-electron chi connectivity index (χ4n) is 4.61. The Kier molecular flexibility index (Phi) is 4.27. The van der Waals surface area contributed by atoms with Crippen LogP contribution >= 0.6 is 0 Å². The topological polar surface area (TPSA) is 117 Å². The second-order valence-corrected chi connectivity index (χ2v) is 8.17. The third-order valence-corrected chi connectivity index (χ3v) is 6.24. The van der Waals surface area contributed by atoms with Gasteiger partial charge in [0.15, 0.2) is 0 Å². The molecule has 1 aromatic carbocycles. The number of imide groups is 2. The lowest BCUT2D eigenvalue weighted by atomic mass is 9.92. The third kappa shape index (κ3) is 2.97. The maximum Gasteiger partial charge on any atom is 0.262 e. The van der Waals surface area contributed by atoms with Gasteiger partial charge in [0.05, 0.1) is 23.3 Å². The Bertz CT molecular complexity index is 925. The van der Waals surface area contributed by atoms with Crippen molar-refractivity contribution in [3.8, 4) is 0 Å². The largest absolute Gasteiger partial charge is 0.371 e. The lowest BCUT2D eigenvalue weighted by molar-refractivity contribution is -0.136. The van der Waals surface area contributed by atoms with E-state index in [1.54, 1.807) is 12.1 Å². The molecule has 2 atom stereocenters. The van der Waals surface area contributed by atoms with Gasteiger partial charge in [-0.05, 0) is 24.5 Å². The molecule has 9 nitrogen and oxygen atoms in total. The van der Waals surface area contributed by atoms with E-state index in [-0.39, 0.29) is 30.4 Å². The number of hydrogen-bond donors (Lipinski definition) is 3. The highest BCUT2D eigenvalue weighted by Gasteiger charge is 2.47. The van der Waals surface area contributed by atoms with Crippen LogP contribution in [0.3, 0.4) is 0 Å². The monoisotopic (exact) mass is 398 g/mol. The van der Waals surface area contributed by atoms with Gasteiger partial charge in [-0.2, -0.15) is 0 Å². The number of nitrogens with one attached hydrogen (secondary N) is 3. The highest BCUT2D eigenvalue weighted by atomic mass is 16.5. The second kappa shape index (κ2) is 6.72. The van der Waals surface area contributed by atoms with Gasteiger partial charge in [0.2, 0.25) is 11.8 Å². The highest BCUT2D eigenvalue weighted by Crippen LogP contribution is 2.32. The predicted octanol–water partition coefficient (Wildman–Crippen LogP) is -0.692. The fourth-order valence-corrected chi connectivity index (χ4v) is 4.61. The van der Waals surface area contributed by atoms with Gasteiger partial charge in [0, 0.05) is 32.1 Å². The van der Waals surface area contributed by atoms with E-state index in [1.165, 1.54) is 0 Å². The van der Waals surface area contributed by atoms with Crippen molar-refractivity contribution >= 4 is 23.6 Å². The first-order valence-corrected chi connectivity index (χ1v) is 9.89. The van der Waals surface area contributed by atoms with Gasteiger partial charge in [0.1, 0.15) is 6.04 Å². The minimum Gasteiger partial charge on any atom is -0.371 e. The van der Waals surface area contributed by atoms with Crippen LogP contribution in [-0.4, -0.2) is 65.9 Å². The molecule has 0 aliphatic carbocycles. The van der Waals surface area contributed by atoms with Crippen molar-refractivity contribution in [2.45, 2.75) is 43.5 Å². The Hall–Kier alpha value is -2.62. The molecule has 0 aromatic heterocycles. The van der Waals surface area contributed by atoms with Crippen molar-refractivity contribution in [1.29, 1.82) is 0 Å². The summed E-state index contributed by atoms with van der Waals surface area (Å²) >= 11 is 0. The van der Waals surface area contributed by atoms with Crippen LogP contribution in [0.4, 0.5) is 0 Å². The number of carbonyl (C=O) groups is 4. The number of rotatable bonds is 4. The van der Waals surface area contributed by atoms with Crippen molar-refractivity contribution in [3.63, 3.8) is 0 Å². The minimum atomic E-state index is -0.949. The lowest BCUT2D eigenvalue weighted by Crippen LogP contribution is -2.59. The molecule has 3 saturated heterocycles. The fraction of sp³-hybridized carbons (Fsp3) is 0.500.